The fourth-order valence-corrected chi connectivity index (χ4v) is 1.76. The predicted molar refractivity (Wildman–Crippen MR) is 41.3 cm³/mol. The highest BCUT2D eigenvalue weighted by molar-refractivity contribution is 5.08. The van der Waals surface area contributed by atoms with E-state index in [0.717, 1.165) is 0 Å². The summed E-state index contributed by atoms with van der Waals surface area (Å²) in [6.45, 7) is -0.883. The molecule has 0 atom stereocenters. The van der Waals surface area contributed by atoms with Gasteiger partial charge in [0.25, 0.3) is 0 Å². The van der Waals surface area contributed by atoms with E-state index in [0.29, 0.717) is 0 Å². The number of hydrogen-bond donors (Lipinski definition) is 1. The average molecular weight is 253 g/mol. The molecule has 0 amide bonds. The van der Waals surface area contributed by atoms with Crippen LogP contribution in [0, 0.1) is 5.41 Å². The molecule has 0 aromatic carbocycles. The van der Waals surface area contributed by atoms with Crippen molar-refractivity contribution in [3.8, 4) is 0 Å². The lowest BCUT2D eigenvalue weighted by Gasteiger charge is -2.48. The van der Waals surface area contributed by atoms with Crippen LogP contribution in [-0.2, 0) is 0 Å². The number of rotatable bonds is 3. The molecule has 96 valence electrons. The normalized spacial score (nSPS) is 21.8. The largest absolute Gasteiger partial charge is 0.459 e. The van der Waals surface area contributed by atoms with Crippen LogP contribution in [0.15, 0.2) is 0 Å². The molecule has 16 heavy (non-hydrogen) atoms. The Balaban J connectivity index is 3.10. The monoisotopic (exact) mass is 253 g/mol. The second kappa shape index (κ2) is 3.48. The first-order chi connectivity index (χ1) is 7.02. The van der Waals surface area contributed by atoms with Crippen molar-refractivity contribution in [1.29, 1.82) is 0 Å². The summed E-state index contributed by atoms with van der Waals surface area (Å²) in [7, 11) is 0. The summed E-state index contributed by atoms with van der Waals surface area (Å²) < 4.78 is 87.5. The van der Waals surface area contributed by atoms with Crippen molar-refractivity contribution >= 4 is 0 Å². The third-order valence-electron chi connectivity index (χ3n) is 3.12. The van der Waals surface area contributed by atoms with Crippen molar-refractivity contribution in [1.82, 2.24) is 0 Å². The van der Waals surface area contributed by atoms with Crippen molar-refractivity contribution in [2.24, 2.45) is 11.1 Å². The van der Waals surface area contributed by atoms with Crippen molar-refractivity contribution in [3.05, 3.63) is 0 Å². The van der Waals surface area contributed by atoms with Crippen molar-refractivity contribution in [2.75, 3.05) is 6.54 Å². The minimum Gasteiger partial charge on any atom is -0.330 e. The molecule has 1 aliphatic rings. The second-order valence-electron chi connectivity index (χ2n) is 3.98. The fraction of sp³-hybridized carbons (Fsp3) is 1.00. The first-order valence-corrected chi connectivity index (χ1v) is 4.54. The molecule has 2 N–H and O–H groups in total. The summed E-state index contributed by atoms with van der Waals surface area (Å²) in [5, 5.41) is 0. The van der Waals surface area contributed by atoms with E-state index in [-0.39, 0.29) is 6.42 Å². The minimum absolute atomic E-state index is 0.181. The van der Waals surface area contributed by atoms with Gasteiger partial charge in [-0.1, -0.05) is 6.42 Å². The van der Waals surface area contributed by atoms with Gasteiger partial charge in [-0.2, -0.15) is 30.7 Å². The number of nitrogens with two attached hydrogens (primary N) is 1. The van der Waals surface area contributed by atoms with Crippen molar-refractivity contribution in [2.45, 2.75) is 37.3 Å². The van der Waals surface area contributed by atoms with Crippen molar-refractivity contribution < 1.29 is 30.7 Å². The first kappa shape index (κ1) is 13.5. The van der Waals surface area contributed by atoms with E-state index in [4.69, 9.17) is 5.73 Å². The Morgan fingerprint density at radius 2 is 1.38 bits per heavy atom. The zero-order valence-corrected chi connectivity index (χ0v) is 8.05. The van der Waals surface area contributed by atoms with Gasteiger partial charge in [-0.3, -0.25) is 0 Å². The van der Waals surface area contributed by atoms with Crippen LogP contribution in [0.3, 0.4) is 0 Å². The van der Waals surface area contributed by atoms with Crippen molar-refractivity contribution in [3.63, 3.8) is 0 Å². The molecule has 1 fully saturated rings. The van der Waals surface area contributed by atoms with E-state index in [2.05, 4.69) is 0 Å². The Morgan fingerprint density at radius 1 is 0.938 bits per heavy atom. The second-order valence-corrected chi connectivity index (χ2v) is 3.98. The first-order valence-electron chi connectivity index (χ1n) is 4.54. The lowest BCUT2D eigenvalue weighted by molar-refractivity contribution is -0.386. The molecule has 0 aromatic heterocycles. The molecular weight excluding hydrogens is 243 g/mol. The summed E-state index contributed by atoms with van der Waals surface area (Å²) in [5.41, 5.74) is 2.49. The molecule has 0 heterocycles. The highest BCUT2D eigenvalue weighted by Gasteiger charge is 2.79. The van der Waals surface area contributed by atoms with Gasteiger partial charge in [0.1, 0.15) is 0 Å². The van der Waals surface area contributed by atoms with Gasteiger partial charge in [0, 0.05) is 6.54 Å². The third kappa shape index (κ3) is 1.49. The van der Waals surface area contributed by atoms with Gasteiger partial charge in [-0.05, 0) is 12.8 Å². The molecular formula is C8H10F7N. The summed E-state index contributed by atoms with van der Waals surface area (Å²) >= 11 is 0. The van der Waals surface area contributed by atoms with Crippen LogP contribution in [-0.4, -0.2) is 24.6 Å². The zero-order valence-electron chi connectivity index (χ0n) is 8.05. The number of halogens is 7. The molecule has 0 aliphatic heterocycles. The lowest BCUT2D eigenvalue weighted by atomic mass is 9.63. The Morgan fingerprint density at radius 3 is 1.56 bits per heavy atom. The van der Waals surface area contributed by atoms with Crippen LogP contribution in [0.2, 0.25) is 0 Å². The Bertz CT molecular complexity index is 261. The molecule has 1 saturated carbocycles. The molecule has 0 bridgehead atoms. The topological polar surface area (TPSA) is 26.0 Å². The summed E-state index contributed by atoms with van der Waals surface area (Å²) in [5.74, 6) is -11.2. The van der Waals surface area contributed by atoms with E-state index < -0.39 is 42.8 Å². The van der Waals surface area contributed by atoms with Gasteiger partial charge in [0.15, 0.2) is 0 Å². The SMILES string of the molecule is NCC1(C(F)(F)C(F)(F)C(F)(F)F)CCC1. The molecule has 1 aliphatic carbocycles. The lowest BCUT2D eigenvalue weighted by Crippen LogP contribution is -2.64. The van der Waals surface area contributed by atoms with Gasteiger partial charge >= 0.3 is 18.0 Å². The molecule has 0 aromatic rings. The molecule has 0 unspecified atom stereocenters. The molecule has 0 radical (unpaired) electrons. The van der Waals surface area contributed by atoms with E-state index in [1.165, 1.54) is 0 Å². The van der Waals surface area contributed by atoms with Crippen LogP contribution in [0.1, 0.15) is 19.3 Å². The average Bonchev–Trinajstić information content (AvgIpc) is 1.99. The summed E-state index contributed by atoms with van der Waals surface area (Å²) in [6.07, 6.45) is -6.92. The molecule has 1 nitrogen and oxygen atoms in total. The molecule has 0 saturated heterocycles. The van der Waals surface area contributed by atoms with Gasteiger partial charge in [-0.15, -0.1) is 0 Å². The highest BCUT2D eigenvalue weighted by Crippen LogP contribution is 2.60. The standard InChI is InChI=1S/C8H10F7N/c9-6(10,5(4-16)2-1-3-5)7(11,12)8(13,14)15/h1-4,16H2. The van der Waals surface area contributed by atoms with E-state index in [9.17, 15) is 30.7 Å². The number of hydrogen-bond acceptors (Lipinski definition) is 1. The summed E-state index contributed by atoms with van der Waals surface area (Å²) in [6, 6.07) is 0. The summed E-state index contributed by atoms with van der Waals surface area (Å²) in [4.78, 5) is 0. The molecule has 1 rings (SSSR count). The maximum absolute atomic E-state index is 13.2. The maximum atomic E-state index is 13.2. The van der Waals surface area contributed by atoms with Crippen LogP contribution in [0.5, 0.6) is 0 Å². The van der Waals surface area contributed by atoms with Crippen LogP contribution < -0.4 is 5.73 Å². The molecule has 0 spiro atoms. The van der Waals surface area contributed by atoms with Gasteiger partial charge < -0.3 is 5.73 Å². The maximum Gasteiger partial charge on any atom is 0.459 e. The van der Waals surface area contributed by atoms with Gasteiger partial charge in [0.2, 0.25) is 0 Å². The third-order valence-corrected chi connectivity index (χ3v) is 3.12. The van der Waals surface area contributed by atoms with Crippen LogP contribution in [0.25, 0.3) is 0 Å². The fourth-order valence-electron chi connectivity index (χ4n) is 1.76. The molecule has 8 heteroatoms. The number of alkyl halides is 7. The highest BCUT2D eigenvalue weighted by atomic mass is 19.4. The Hall–Kier alpha value is -0.530. The van der Waals surface area contributed by atoms with E-state index in [1.54, 1.807) is 0 Å². The van der Waals surface area contributed by atoms with Gasteiger partial charge in [0.05, 0.1) is 5.41 Å². The van der Waals surface area contributed by atoms with Crippen LogP contribution in [0.4, 0.5) is 30.7 Å². The van der Waals surface area contributed by atoms with E-state index in [1.807, 2.05) is 0 Å². The van der Waals surface area contributed by atoms with Crippen LogP contribution >= 0.6 is 0 Å². The Kier molecular flexibility index (Phi) is 2.94. The van der Waals surface area contributed by atoms with Gasteiger partial charge in [-0.25, -0.2) is 0 Å². The zero-order chi connectivity index (χ0) is 12.8. The van der Waals surface area contributed by atoms with E-state index >= 15 is 0 Å². The Labute approximate surface area is 86.8 Å². The quantitative estimate of drug-likeness (QED) is 0.769. The minimum atomic E-state index is -6.27. The smallest absolute Gasteiger partial charge is 0.330 e. The predicted octanol–water partition coefficient (Wildman–Crippen LogP) is 2.95.